The number of carbonyl (C=O) groups excluding carboxylic acids is 1. The van der Waals surface area contributed by atoms with Crippen LogP contribution in [0.25, 0.3) is 0 Å². The van der Waals surface area contributed by atoms with E-state index >= 15 is 0 Å². The number of aryl methyl sites for hydroxylation is 3. The third kappa shape index (κ3) is 2.97. The standard InChI is InChI=1S/C16H16N2O3/c1-4-13-17-8-12(14(18-13)16(20)21)15(19)11-6-5-9(2)10(3)7-11/h5-8H,4H2,1-3H3,(H,20,21). The predicted octanol–water partition coefficient (Wildman–Crippen LogP) is 2.59. The molecule has 21 heavy (non-hydrogen) atoms. The minimum atomic E-state index is -1.22. The molecule has 0 spiro atoms. The fourth-order valence-electron chi connectivity index (χ4n) is 1.96. The van der Waals surface area contributed by atoms with E-state index in [0.29, 0.717) is 17.8 Å². The van der Waals surface area contributed by atoms with Gasteiger partial charge in [0.2, 0.25) is 0 Å². The number of aromatic carboxylic acids is 1. The van der Waals surface area contributed by atoms with Gasteiger partial charge < -0.3 is 5.11 Å². The lowest BCUT2D eigenvalue weighted by Gasteiger charge is -2.07. The number of hydrogen-bond acceptors (Lipinski definition) is 4. The van der Waals surface area contributed by atoms with E-state index in [2.05, 4.69) is 9.97 Å². The van der Waals surface area contributed by atoms with Gasteiger partial charge in [0.25, 0.3) is 0 Å². The van der Waals surface area contributed by atoms with Crippen molar-refractivity contribution < 1.29 is 14.7 Å². The second-order valence-electron chi connectivity index (χ2n) is 4.84. The second-order valence-corrected chi connectivity index (χ2v) is 4.84. The lowest BCUT2D eigenvalue weighted by atomic mass is 9.99. The van der Waals surface area contributed by atoms with Crippen molar-refractivity contribution in [3.63, 3.8) is 0 Å². The van der Waals surface area contributed by atoms with Crippen LogP contribution < -0.4 is 0 Å². The minimum absolute atomic E-state index is 0.0166. The van der Waals surface area contributed by atoms with Crippen molar-refractivity contribution in [2.24, 2.45) is 0 Å². The largest absolute Gasteiger partial charge is 0.476 e. The lowest BCUT2D eigenvalue weighted by molar-refractivity contribution is 0.0685. The number of benzene rings is 1. The van der Waals surface area contributed by atoms with Gasteiger partial charge in [0.15, 0.2) is 11.5 Å². The Morgan fingerprint density at radius 2 is 1.90 bits per heavy atom. The van der Waals surface area contributed by atoms with Gasteiger partial charge in [-0.05, 0) is 31.0 Å². The summed E-state index contributed by atoms with van der Waals surface area (Å²) in [5, 5.41) is 9.24. The van der Waals surface area contributed by atoms with Crippen molar-refractivity contribution in [1.29, 1.82) is 0 Å². The van der Waals surface area contributed by atoms with Gasteiger partial charge in [-0.3, -0.25) is 4.79 Å². The van der Waals surface area contributed by atoms with Crippen LogP contribution in [0.2, 0.25) is 0 Å². The highest BCUT2D eigenvalue weighted by Gasteiger charge is 2.21. The molecule has 0 unspecified atom stereocenters. The van der Waals surface area contributed by atoms with Crippen LogP contribution in [0.15, 0.2) is 24.4 Å². The van der Waals surface area contributed by atoms with Crippen molar-refractivity contribution >= 4 is 11.8 Å². The molecule has 0 bridgehead atoms. The number of carboxylic acid groups (broad SMARTS) is 1. The molecule has 0 saturated heterocycles. The lowest BCUT2D eigenvalue weighted by Crippen LogP contribution is -2.14. The molecule has 1 aromatic heterocycles. The Morgan fingerprint density at radius 3 is 2.48 bits per heavy atom. The molecule has 0 saturated carbocycles. The number of ketones is 1. The summed E-state index contributed by atoms with van der Waals surface area (Å²) in [7, 11) is 0. The third-order valence-electron chi connectivity index (χ3n) is 3.37. The van der Waals surface area contributed by atoms with Crippen LogP contribution in [0.3, 0.4) is 0 Å². The molecule has 0 aliphatic carbocycles. The molecular formula is C16H16N2O3. The highest BCUT2D eigenvalue weighted by Crippen LogP contribution is 2.16. The van der Waals surface area contributed by atoms with Crippen LogP contribution in [0.4, 0.5) is 0 Å². The van der Waals surface area contributed by atoms with Crippen molar-refractivity contribution in [1.82, 2.24) is 9.97 Å². The Morgan fingerprint density at radius 1 is 1.19 bits per heavy atom. The monoisotopic (exact) mass is 284 g/mol. The van der Waals surface area contributed by atoms with Crippen LogP contribution in [-0.2, 0) is 6.42 Å². The highest BCUT2D eigenvalue weighted by molar-refractivity contribution is 6.13. The summed E-state index contributed by atoms with van der Waals surface area (Å²) in [5.41, 5.74) is 2.26. The van der Waals surface area contributed by atoms with Crippen LogP contribution in [0.1, 0.15) is 50.3 Å². The summed E-state index contributed by atoms with van der Waals surface area (Å²) in [6, 6.07) is 5.27. The summed E-state index contributed by atoms with van der Waals surface area (Å²) in [6.45, 7) is 5.68. The molecule has 0 aliphatic heterocycles. The Balaban J connectivity index is 2.52. The van der Waals surface area contributed by atoms with Gasteiger partial charge in [-0.2, -0.15) is 0 Å². The molecule has 5 heteroatoms. The number of nitrogens with zero attached hydrogens (tertiary/aromatic N) is 2. The van der Waals surface area contributed by atoms with Crippen molar-refractivity contribution in [3.8, 4) is 0 Å². The Hall–Kier alpha value is -2.56. The first-order valence-electron chi connectivity index (χ1n) is 6.65. The topological polar surface area (TPSA) is 80.2 Å². The van der Waals surface area contributed by atoms with Gasteiger partial charge in [-0.1, -0.05) is 19.1 Å². The van der Waals surface area contributed by atoms with Gasteiger partial charge >= 0.3 is 5.97 Å². The molecule has 1 N–H and O–H groups in total. The summed E-state index contributed by atoms with van der Waals surface area (Å²) in [6.07, 6.45) is 1.81. The molecular weight excluding hydrogens is 268 g/mol. The van der Waals surface area contributed by atoms with Crippen molar-refractivity contribution in [3.05, 3.63) is 58.2 Å². The molecule has 0 aliphatic rings. The van der Waals surface area contributed by atoms with E-state index in [4.69, 9.17) is 0 Å². The van der Waals surface area contributed by atoms with E-state index < -0.39 is 5.97 Å². The van der Waals surface area contributed by atoms with E-state index in [-0.39, 0.29) is 17.0 Å². The van der Waals surface area contributed by atoms with E-state index in [0.717, 1.165) is 11.1 Å². The first-order valence-corrected chi connectivity index (χ1v) is 6.65. The fraction of sp³-hybridized carbons (Fsp3) is 0.250. The molecule has 108 valence electrons. The Bertz CT molecular complexity index is 723. The van der Waals surface area contributed by atoms with E-state index in [1.54, 1.807) is 12.1 Å². The summed E-state index contributed by atoms with van der Waals surface area (Å²) >= 11 is 0. The Labute approximate surface area is 122 Å². The second kappa shape index (κ2) is 5.83. The van der Waals surface area contributed by atoms with E-state index in [1.165, 1.54) is 6.20 Å². The first-order chi connectivity index (χ1) is 9.93. The Kier molecular flexibility index (Phi) is 4.12. The summed E-state index contributed by atoms with van der Waals surface area (Å²) < 4.78 is 0. The van der Waals surface area contributed by atoms with Gasteiger partial charge in [-0.25, -0.2) is 14.8 Å². The molecule has 1 aromatic carbocycles. The average molecular weight is 284 g/mol. The van der Waals surface area contributed by atoms with Crippen LogP contribution in [-0.4, -0.2) is 26.8 Å². The molecule has 0 fully saturated rings. The smallest absolute Gasteiger partial charge is 0.355 e. The molecule has 1 heterocycles. The predicted molar refractivity (Wildman–Crippen MR) is 77.7 cm³/mol. The molecule has 2 rings (SSSR count). The number of carboxylic acids is 1. The van der Waals surface area contributed by atoms with Gasteiger partial charge in [0.05, 0.1) is 5.56 Å². The van der Waals surface area contributed by atoms with Crippen LogP contribution in [0.5, 0.6) is 0 Å². The molecule has 0 radical (unpaired) electrons. The molecule has 0 amide bonds. The third-order valence-corrected chi connectivity index (χ3v) is 3.37. The van der Waals surface area contributed by atoms with Gasteiger partial charge in [-0.15, -0.1) is 0 Å². The van der Waals surface area contributed by atoms with Crippen LogP contribution >= 0.6 is 0 Å². The maximum Gasteiger partial charge on any atom is 0.355 e. The number of aromatic nitrogens is 2. The van der Waals surface area contributed by atoms with Crippen molar-refractivity contribution in [2.45, 2.75) is 27.2 Å². The van der Waals surface area contributed by atoms with Gasteiger partial charge in [0.1, 0.15) is 5.82 Å². The van der Waals surface area contributed by atoms with Crippen molar-refractivity contribution in [2.75, 3.05) is 0 Å². The number of rotatable bonds is 4. The SMILES string of the molecule is CCc1ncc(C(=O)c2ccc(C)c(C)c2)c(C(=O)O)n1. The normalized spacial score (nSPS) is 10.4. The summed E-state index contributed by atoms with van der Waals surface area (Å²) in [5.74, 6) is -1.19. The fourth-order valence-corrected chi connectivity index (χ4v) is 1.96. The average Bonchev–Trinajstić information content (AvgIpc) is 2.48. The van der Waals surface area contributed by atoms with Crippen LogP contribution in [0, 0.1) is 13.8 Å². The van der Waals surface area contributed by atoms with E-state index in [9.17, 15) is 14.7 Å². The zero-order chi connectivity index (χ0) is 15.6. The van der Waals surface area contributed by atoms with E-state index in [1.807, 2.05) is 26.8 Å². The zero-order valence-corrected chi connectivity index (χ0v) is 12.2. The number of carbonyl (C=O) groups is 2. The molecule has 0 atom stereocenters. The zero-order valence-electron chi connectivity index (χ0n) is 12.2. The number of hydrogen-bond donors (Lipinski definition) is 1. The minimum Gasteiger partial charge on any atom is -0.476 e. The van der Waals surface area contributed by atoms with Gasteiger partial charge in [0, 0.05) is 18.2 Å². The maximum absolute atomic E-state index is 12.5. The quantitative estimate of drug-likeness (QED) is 0.873. The maximum atomic E-state index is 12.5. The summed E-state index contributed by atoms with van der Waals surface area (Å²) in [4.78, 5) is 31.8. The molecule has 2 aromatic rings. The first kappa shape index (κ1) is 14.8. The molecule has 5 nitrogen and oxygen atoms in total. The highest BCUT2D eigenvalue weighted by atomic mass is 16.4.